The van der Waals surface area contributed by atoms with Crippen LogP contribution in [0.2, 0.25) is 10.0 Å². The largest absolute Gasteiger partial charge is 0.388 e. The molecule has 0 saturated heterocycles. The van der Waals surface area contributed by atoms with Crippen LogP contribution in [0.4, 0.5) is 0 Å². The summed E-state index contributed by atoms with van der Waals surface area (Å²) in [6.07, 6.45) is 4.62. The van der Waals surface area contributed by atoms with Gasteiger partial charge < -0.3 is 10.4 Å². The summed E-state index contributed by atoms with van der Waals surface area (Å²) >= 11 is 12.0. The van der Waals surface area contributed by atoms with E-state index in [0.717, 1.165) is 32.1 Å². The van der Waals surface area contributed by atoms with Crippen LogP contribution in [0.5, 0.6) is 0 Å². The minimum atomic E-state index is -0.810. The summed E-state index contributed by atoms with van der Waals surface area (Å²) in [5.74, 6) is 0.357. The zero-order valence-corrected chi connectivity index (χ0v) is 13.7. The number of hydrogen-bond donors (Lipinski definition) is 2. The molecule has 21 heavy (non-hydrogen) atoms. The molecule has 1 fully saturated rings. The zero-order valence-electron chi connectivity index (χ0n) is 12.2. The second kappa shape index (κ2) is 6.99. The number of carbonyl (C=O) groups is 1. The highest BCUT2D eigenvalue weighted by Gasteiger charge is 2.33. The second-order valence-electron chi connectivity index (χ2n) is 5.86. The molecule has 1 aromatic rings. The quantitative estimate of drug-likeness (QED) is 0.875. The van der Waals surface area contributed by atoms with Crippen molar-refractivity contribution in [3.63, 3.8) is 0 Å². The van der Waals surface area contributed by atoms with Crippen LogP contribution < -0.4 is 5.32 Å². The summed E-state index contributed by atoms with van der Waals surface area (Å²) in [5, 5.41) is 13.9. The molecule has 0 aromatic heterocycles. The van der Waals surface area contributed by atoms with Crippen molar-refractivity contribution >= 4 is 29.1 Å². The fourth-order valence-electron chi connectivity index (χ4n) is 2.85. The fraction of sp³-hybridized carbons (Fsp3) is 0.562. The molecular weight excluding hydrogens is 309 g/mol. The standard InChI is InChI=1S/C16H21Cl2NO2/c1-2-11-6-8-16(21,9-7-11)10-19-15(20)14-12(17)4-3-5-13(14)18/h3-5,11,21H,2,6-10H2,1H3,(H,19,20). The maximum Gasteiger partial charge on any atom is 0.254 e. The first-order valence-corrected chi connectivity index (χ1v) is 8.15. The number of halogens is 2. The van der Waals surface area contributed by atoms with E-state index in [1.807, 2.05) is 0 Å². The number of amides is 1. The summed E-state index contributed by atoms with van der Waals surface area (Å²) in [5.41, 5.74) is -0.540. The normalized spacial score (nSPS) is 25.6. The van der Waals surface area contributed by atoms with E-state index in [-0.39, 0.29) is 18.0 Å². The van der Waals surface area contributed by atoms with Gasteiger partial charge in [0.1, 0.15) is 0 Å². The van der Waals surface area contributed by atoms with Gasteiger partial charge in [-0.05, 0) is 43.7 Å². The first-order valence-electron chi connectivity index (χ1n) is 7.40. The number of carbonyl (C=O) groups excluding carboxylic acids is 1. The third kappa shape index (κ3) is 4.12. The van der Waals surface area contributed by atoms with Gasteiger partial charge in [0.15, 0.2) is 0 Å². The van der Waals surface area contributed by atoms with Crippen LogP contribution in [0.25, 0.3) is 0 Å². The van der Waals surface area contributed by atoms with Crippen LogP contribution in [0.15, 0.2) is 18.2 Å². The van der Waals surface area contributed by atoms with E-state index >= 15 is 0 Å². The van der Waals surface area contributed by atoms with Crippen molar-refractivity contribution in [2.24, 2.45) is 5.92 Å². The average Bonchev–Trinajstić information content (AvgIpc) is 2.46. The summed E-state index contributed by atoms with van der Waals surface area (Å²) in [7, 11) is 0. The number of benzene rings is 1. The number of hydrogen-bond acceptors (Lipinski definition) is 2. The number of aliphatic hydroxyl groups is 1. The summed E-state index contributed by atoms with van der Waals surface area (Å²) < 4.78 is 0. The lowest BCUT2D eigenvalue weighted by molar-refractivity contribution is -0.00786. The van der Waals surface area contributed by atoms with Gasteiger partial charge in [-0.2, -0.15) is 0 Å². The molecular formula is C16H21Cl2NO2. The van der Waals surface area contributed by atoms with Gasteiger partial charge in [0.2, 0.25) is 0 Å². The highest BCUT2D eigenvalue weighted by Crippen LogP contribution is 2.33. The Morgan fingerprint density at radius 3 is 2.43 bits per heavy atom. The summed E-state index contributed by atoms with van der Waals surface area (Å²) in [6, 6.07) is 4.95. The molecule has 1 amide bonds. The molecule has 2 N–H and O–H groups in total. The molecule has 3 nitrogen and oxygen atoms in total. The van der Waals surface area contributed by atoms with Gasteiger partial charge >= 0.3 is 0 Å². The smallest absolute Gasteiger partial charge is 0.254 e. The van der Waals surface area contributed by atoms with E-state index in [2.05, 4.69) is 12.2 Å². The fourth-order valence-corrected chi connectivity index (χ4v) is 3.42. The molecule has 116 valence electrons. The van der Waals surface area contributed by atoms with Gasteiger partial charge in [-0.15, -0.1) is 0 Å². The van der Waals surface area contributed by atoms with E-state index in [1.165, 1.54) is 0 Å². The van der Waals surface area contributed by atoms with Crippen molar-refractivity contribution in [1.29, 1.82) is 0 Å². The zero-order chi connectivity index (χ0) is 15.5. The Hall–Kier alpha value is -0.770. The van der Waals surface area contributed by atoms with E-state index in [0.29, 0.717) is 16.0 Å². The Kier molecular flexibility index (Phi) is 5.53. The molecule has 0 radical (unpaired) electrons. The Labute approximate surface area is 135 Å². The van der Waals surface area contributed by atoms with Gasteiger partial charge in [0, 0.05) is 6.54 Å². The van der Waals surface area contributed by atoms with Crippen LogP contribution in [-0.4, -0.2) is 23.2 Å². The second-order valence-corrected chi connectivity index (χ2v) is 6.67. The first kappa shape index (κ1) is 16.6. The SMILES string of the molecule is CCC1CCC(O)(CNC(=O)c2c(Cl)cccc2Cl)CC1. The Morgan fingerprint density at radius 2 is 1.90 bits per heavy atom. The molecule has 1 saturated carbocycles. The van der Waals surface area contributed by atoms with Gasteiger partial charge in [-0.3, -0.25) is 4.79 Å². The highest BCUT2D eigenvalue weighted by atomic mass is 35.5. The lowest BCUT2D eigenvalue weighted by Gasteiger charge is -2.35. The topological polar surface area (TPSA) is 49.3 Å². The molecule has 1 aromatic carbocycles. The van der Waals surface area contributed by atoms with Crippen molar-refractivity contribution < 1.29 is 9.90 Å². The predicted molar refractivity (Wildman–Crippen MR) is 86.0 cm³/mol. The Morgan fingerprint density at radius 1 is 1.33 bits per heavy atom. The third-order valence-electron chi connectivity index (χ3n) is 4.38. The molecule has 0 bridgehead atoms. The lowest BCUT2D eigenvalue weighted by Crippen LogP contribution is -2.45. The van der Waals surface area contributed by atoms with Crippen LogP contribution in [0.3, 0.4) is 0 Å². The first-order chi connectivity index (χ1) is 9.95. The highest BCUT2D eigenvalue weighted by molar-refractivity contribution is 6.39. The maximum absolute atomic E-state index is 12.2. The molecule has 0 heterocycles. The summed E-state index contributed by atoms with van der Waals surface area (Å²) in [4.78, 5) is 12.2. The molecule has 0 unspecified atom stereocenters. The number of rotatable bonds is 4. The van der Waals surface area contributed by atoms with E-state index < -0.39 is 5.60 Å². The molecule has 1 aliphatic carbocycles. The molecule has 0 atom stereocenters. The molecule has 1 aliphatic rings. The Bertz CT molecular complexity index is 491. The minimum absolute atomic E-state index is 0.240. The van der Waals surface area contributed by atoms with Gasteiger partial charge in [-0.1, -0.05) is 42.6 Å². The lowest BCUT2D eigenvalue weighted by atomic mass is 9.78. The van der Waals surface area contributed by atoms with E-state index in [4.69, 9.17) is 23.2 Å². The van der Waals surface area contributed by atoms with Crippen molar-refractivity contribution in [2.45, 2.75) is 44.6 Å². The molecule has 2 rings (SSSR count). The van der Waals surface area contributed by atoms with Crippen molar-refractivity contribution in [2.75, 3.05) is 6.54 Å². The predicted octanol–water partition coefficient (Wildman–Crippen LogP) is 4.05. The van der Waals surface area contributed by atoms with E-state index in [1.54, 1.807) is 18.2 Å². The van der Waals surface area contributed by atoms with Crippen LogP contribution in [0.1, 0.15) is 49.4 Å². The van der Waals surface area contributed by atoms with Gasteiger partial charge in [-0.25, -0.2) is 0 Å². The van der Waals surface area contributed by atoms with Crippen LogP contribution in [-0.2, 0) is 0 Å². The van der Waals surface area contributed by atoms with Crippen molar-refractivity contribution in [1.82, 2.24) is 5.32 Å². The average molecular weight is 330 g/mol. The Balaban J connectivity index is 1.95. The number of nitrogens with one attached hydrogen (secondary N) is 1. The van der Waals surface area contributed by atoms with Crippen LogP contribution in [0, 0.1) is 5.92 Å². The third-order valence-corrected chi connectivity index (χ3v) is 5.01. The summed E-state index contributed by atoms with van der Waals surface area (Å²) in [6.45, 7) is 2.42. The van der Waals surface area contributed by atoms with Gasteiger partial charge in [0.25, 0.3) is 5.91 Å². The maximum atomic E-state index is 12.2. The molecule has 5 heteroatoms. The van der Waals surface area contributed by atoms with Crippen molar-refractivity contribution in [3.05, 3.63) is 33.8 Å². The molecule has 0 aliphatic heterocycles. The monoisotopic (exact) mass is 329 g/mol. The van der Waals surface area contributed by atoms with Gasteiger partial charge in [0.05, 0.1) is 21.2 Å². The van der Waals surface area contributed by atoms with E-state index in [9.17, 15) is 9.90 Å². The van der Waals surface area contributed by atoms with Crippen molar-refractivity contribution in [3.8, 4) is 0 Å². The minimum Gasteiger partial charge on any atom is -0.388 e. The molecule has 0 spiro atoms. The van der Waals surface area contributed by atoms with Crippen LogP contribution >= 0.6 is 23.2 Å².